The van der Waals surface area contributed by atoms with Crippen molar-refractivity contribution in [1.82, 2.24) is 20.0 Å². The van der Waals surface area contributed by atoms with Gasteiger partial charge in [0.2, 0.25) is 0 Å². The van der Waals surface area contributed by atoms with E-state index < -0.39 is 5.97 Å². The molecule has 0 aliphatic carbocycles. The molecule has 0 radical (unpaired) electrons. The fourth-order valence-corrected chi connectivity index (χ4v) is 2.52. The number of aromatic nitrogens is 2. The minimum Gasteiger partial charge on any atom is -0.480 e. The van der Waals surface area contributed by atoms with Crippen LogP contribution < -0.4 is 0 Å². The lowest BCUT2D eigenvalue weighted by Crippen LogP contribution is -2.36. The third-order valence-corrected chi connectivity index (χ3v) is 3.65. The van der Waals surface area contributed by atoms with Crippen molar-refractivity contribution in [3.63, 3.8) is 0 Å². The Balaban J connectivity index is 2.06. The van der Waals surface area contributed by atoms with Crippen molar-refractivity contribution in [2.24, 2.45) is 0 Å². The van der Waals surface area contributed by atoms with Crippen LogP contribution in [0.1, 0.15) is 16.8 Å². The van der Waals surface area contributed by atoms with E-state index in [1.807, 2.05) is 0 Å². The first-order chi connectivity index (χ1) is 9.97. The molecule has 114 valence electrons. The predicted molar refractivity (Wildman–Crippen MR) is 76.6 cm³/mol. The number of rotatable bonds is 3. The highest BCUT2D eigenvalue weighted by atomic mass is 35.5. The monoisotopic (exact) mass is 332 g/mol. The van der Waals surface area contributed by atoms with Crippen LogP contribution in [0.25, 0.3) is 0 Å². The first-order valence-corrected chi connectivity index (χ1v) is 7.15. The van der Waals surface area contributed by atoms with E-state index in [1.54, 1.807) is 9.80 Å². The molecular weight excluding hydrogens is 319 g/mol. The van der Waals surface area contributed by atoms with Gasteiger partial charge in [-0.3, -0.25) is 14.5 Å². The lowest BCUT2D eigenvalue weighted by Gasteiger charge is -2.21. The molecule has 0 spiro atoms. The Hall–Kier alpha value is -1.44. The van der Waals surface area contributed by atoms with Gasteiger partial charge in [0.05, 0.1) is 12.1 Å². The third-order valence-electron chi connectivity index (χ3n) is 3.18. The maximum absolute atomic E-state index is 12.4. The Morgan fingerprint density at radius 3 is 2.67 bits per heavy atom. The van der Waals surface area contributed by atoms with Crippen molar-refractivity contribution in [2.75, 3.05) is 32.7 Å². The second kappa shape index (κ2) is 7.02. The highest BCUT2D eigenvalue weighted by Crippen LogP contribution is 2.18. The Morgan fingerprint density at radius 1 is 1.19 bits per heavy atom. The number of halogens is 2. The molecule has 1 aliphatic rings. The largest absolute Gasteiger partial charge is 0.480 e. The van der Waals surface area contributed by atoms with Crippen molar-refractivity contribution < 1.29 is 14.7 Å². The summed E-state index contributed by atoms with van der Waals surface area (Å²) in [5.41, 5.74) is 0.211. The van der Waals surface area contributed by atoms with Crippen LogP contribution in [0.2, 0.25) is 10.3 Å². The van der Waals surface area contributed by atoms with Crippen LogP contribution in [0, 0.1) is 0 Å². The maximum atomic E-state index is 12.4. The van der Waals surface area contributed by atoms with E-state index in [-0.39, 0.29) is 28.3 Å². The van der Waals surface area contributed by atoms with Crippen LogP contribution in [0.5, 0.6) is 0 Å². The second-order valence-corrected chi connectivity index (χ2v) is 5.43. The summed E-state index contributed by atoms with van der Waals surface area (Å²) < 4.78 is 0. The number of nitrogens with zero attached hydrogens (tertiary/aromatic N) is 4. The summed E-state index contributed by atoms with van der Waals surface area (Å²) in [5.74, 6) is -1.14. The molecule has 7 nitrogen and oxygen atoms in total. The van der Waals surface area contributed by atoms with Gasteiger partial charge in [0, 0.05) is 26.2 Å². The molecule has 0 bridgehead atoms. The molecular formula is C12H14Cl2N4O3. The number of aliphatic carboxylic acids is 1. The minimum atomic E-state index is -0.872. The topological polar surface area (TPSA) is 86.6 Å². The first kappa shape index (κ1) is 15.9. The Morgan fingerprint density at radius 2 is 1.95 bits per heavy atom. The molecule has 21 heavy (non-hydrogen) atoms. The van der Waals surface area contributed by atoms with Gasteiger partial charge in [-0.2, -0.15) is 0 Å². The number of carbonyl (C=O) groups is 2. The van der Waals surface area contributed by atoms with Gasteiger partial charge in [-0.05, 0) is 12.5 Å². The fraction of sp³-hybridized carbons (Fsp3) is 0.500. The summed E-state index contributed by atoms with van der Waals surface area (Å²) in [6.07, 6.45) is 0.697. The molecule has 0 aromatic carbocycles. The minimum absolute atomic E-state index is 0.0102. The SMILES string of the molecule is O=C(O)CN1CCCN(C(=O)c2cc(Cl)nnc2Cl)CC1. The summed E-state index contributed by atoms with van der Waals surface area (Å²) in [6.45, 7) is 2.08. The van der Waals surface area contributed by atoms with Gasteiger partial charge in [-0.15, -0.1) is 10.2 Å². The zero-order chi connectivity index (χ0) is 15.4. The van der Waals surface area contributed by atoms with Gasteiger partial charge >= 0.3 is 5.97 Å². The molecule has 2 heterocycles. The molecule has 1 N–H and O–H groups in total. The third kappa shape index (κ3) is 4.26. The smallest absolute Gasteiger partial charge is 0.317 e. The molecule has 1 saturated heterocycles. The van der Waals surface area contributed by atoms with Gasteiger partial charge < -0.3 is 10.0 Å². The maximum Gasteiger partial charge on any atom is 0.317 e. The molecule has 1 aliphatic heterocycles. The van der Waals surface area contributed by atoms with Gasteiger partial charge in [0.25, 0.3) is 5.91 Å². The highest BCUT2D eigenvalue weighted by Gasteiger charge is 2.23. The van der Waals surface area contributed by atoms with Crippen LogP contribution >= 0.6 is 23.2 Å². The van der Waals surface area contributed by atoms with Crippen molar-refractivity contribution in [3.8, 4) is 0 Å². The second-order valence-electron chi connectivity index (χ2n) is 4.69. The normalized spacial score (nSPS) is 16.6. The average Bonchev–Trinajstić information content (AvgIpc) is 2.66. The first-order valence-electron chi connectivity index (χ1n) is 6.39. The summed E-state index contributed by atoms with van der Waals surface area (Å²) in [5, 5.41) is 16.1. The van der Waals surface area contributed by atoms with Crippen molar-refractivity contribution in [2.45, 2.75) is 6.42 Å². The predicted octanol–water partition coefficient (Wildman–Crippen LogP) is 1.02. The standard InChI is InChI=1S/C12H14Cl2N4O3/c13-9-6-8(11(14)16-15-9)12(21)18-3-1-2-17(4-5-18)7-10(19)20/h6H,1-5,7H2,(H,19,20). The molecule has 2 rings (SSSR count). The molecule has 0 unspecified atom stereocenters. The van der Waals surface area contributed by atoms with E-state index in [2.05, 4.69) is 10.2 Å². The van der Waals surface area contributed by atoms with Gasteiger partial charge in [0.15, 0.2) is 10.3 Å². The van der Waals surface area contributed by atoms with Gasteiger partial charge in [0.1, 0.15) is 0 Å². The number of carbonyl (C=O) groups excluding carboxylic acids is 1. The summed E-state index contributed by atoms with van der Waals surface area (Å²) >= 11 is 11.6. The average molecular weight is 333 g/mol. The molecule has 0 atom stereocenters. The Labute approximate surface area is 131 Å². The molecule has 1 fully saturated rings. The molecule has 9 heteroatoms. The van der Waals surface area contributed by atoms with Crippen LogP contribution in [-0.4, -0.2) is 69.7 Å². The zero-order valence-corrected chi connectivity index (χ0v) is 12.6. The number of amides is 1. The summed E-state index contributed by atoms with van der Waals surface area (Å²) in [6, 6.07) is 1.39. The molecule has 0 saturated carbocycles. The fourth-order valence-electron chi connectivity index (χ4n) is 2.20. The van der Waals surface area contributed by atoms with Gasteiger partial charge in [-0.25, -0.2) is 0 Å². The van der Waals surface area contributed by atoms with Gasteiger partial charge in [-0.1, -0.05) is 23.2 Å². The molecule has 1 aromatic rings. The Kier molecular flexibility index (Phi) is 5.33. The van der Waals surface area contributed by atoms with E-state index in [0.29, 0.717) is 32.6 Å². The lowest BCUT2D eigenvalue weighted by molar-refractivity contribution is -0.138. The van der Waals surface area contributed by atoms with E-state index in [9.17, 15) is 9.59 Å². The van der Waals surface area contributed by atoms with Crippen molar-refractivity contribution >= 4 is 35.1 Å². The van der Waals surface area contributed by atoms with E-state index in [0.717, 1.165) is 0 Å². The number of hydrogen-bond acceptors (Lipinski definition) is 5. The number of carboxylic acid groups (broad SMARTS) is 1. The van der Waals surface area contributed by atoms with E-state index in [1.165, 1.54) is 6.07 Å². The lowest BCUT2D eigenvalue weighted by atomic mass is 10.2. The molecule has 1 aromatic heterocycles. The van der Waals surface area contributed by atoms with E-state index >= 15 is 0 Å². The molecule has 1 amide bonds. The van der Waals surface area contributed by atoms with Crippen LogP contribution in [-0.2, 0) is 4.79 Å². The number of hydrogen-bond donors (Lipinski definition) is 1. The summed E-state index contributed by atoms with van der Waals surface area (Å²) in [7, 11) is 0. The summed E-state index contributed by atoms with van der Waals surface area (Å²) in [4.78, 5) is 26.6. The van der Waals surface area contributed by atoms with Crippen LogP contribution in [0.4, 0.5) is 0 Å². The van der Waals surface area contributed by atoms with Crippen molar-refractivity contribution in [3.05, 3.63) is 21.9 Å². The number of carboxylic acids is 1. The van der Waals surface area contributed by atoms with Crippen LogP contribution in [0.15, 0.2) is 6.07 Å². The van der Waals surface area contributed by atoms with Crippen LogP contribution in [0.3, 0.4) is 0 Å². The van der Waals surface area contributed by atoms with Crippen molar-refractivity contribution in [1.29, 1.82) is 0 Å². The van der Waals surface area contributed by atoms with E-state index in [4.69, 9.17) is 28.3 Å². The zero-order valence-electron chi connectivity index (χ0n) is 11.1. The highest BCUT2D eigenvalue weighted by molar-refractivity contribution is 6.34. The quantitative estimate of drug-likeness (QED) is 0.889. The Bertz CT molecular complexity index is 555.